The third-order valence-electron chi connectivity index (χ3n) is 7.81. The number of carbonyl (C=O) groups excluding carboxylic acids is 1. The van der Waals surface area contributed by atoms with Crippen LogP contribution in [0.5, 0.6) is 0 Å². The normalized spacial score (nSPS) is 20.7. The number of nitrogen functional groups attached to an aromatic ring is 1. The Morgan fingerprint density at radius 3 is 2.86 bits per heavy atom. The van der Waals surface area contributed by atoms with Gasteiger partial charge in [-0.05, 0) is 57.2 Å². The molecule has 2 aliphatic heterocycles. The Morgan fingerprint density at radius 1 is 1.23 bits per heavy atom. The van der Waals surface area contributed by atoms with E-state index in [2.05, 4.69) is 20.4 Å². The minimum absolute atomic E-state index is 0.0164. The molecule has 5 heterocycles. The van der Waals surface area contributed by atoms with Crippen molar-refractivity contribution < 1.29 is 28.5 Å². The summed E-state index contributed by atoms with van der Waals surface area (Å²) >= 11 is 0. The lowest BCUT2D eigenvalue weighted by Gasteiger charge is -2.29. The van der Waals surface area contributed by atoms with Crippen LogP contribution in [0, 0.1) is 12.7 Å². The molecule has 0 amide bonds. The summed E-state index contributed by atoms with van der Waals surface area (Å²) < 4.78 is 33.1. The van der Waals surface area contributed by atoms with E-state index in [0.29, 0.717) is 25.2 Å². The van der Waals surface area contributed by atoms with Crippen LogP contribution in [0.25, 0.3) is 33.5 Å². The predicted octanol–water partition coefficient (Wildman–Crippen LogP) is 4.02. The zero-order chi connectivity index (χ0) is 30.1. The van der Waals surface area contributed by atoms with Gasteiger partial charge < -0.3 is 30.4 Å². The lowest BCUT2D eigenvalue weighted by atomic mass is 9.98. The molecule has 13 heteroatoms. The molecule has 3 atom stereocenters. The number of esters is 1. The van der Waals surface area contributed by atoms with Crippen molar-refractivity contribution in [2.24, 2.45) is 0 Å². The molecule has 0 aliphatic carbocycles. The number of carbonyl (C=O) groups is 1. The lowest BCUT2D eigenvalue weighted by molar-refractivity contribution is -0.0366. The van der Waals surface area contributed by atoms with Crippen molar-refractivity contribution in [2.45, 2.75) is 57.9 Å². The van der Waals surface area contributed by atoms with Crippen molar-refractivity contribution >= 4 is 28.4 Å². The number of halogens is 1. The van der Waals surface area contributed by atoms with Gasteiger partial charge in [-0.25, -0.2) is 28.8 Å². The van der Waals surface area contributed by atoms with Crippen LogP contribution in [-0.2, 0) is 14.2 Å². The topological polar surface area (TPSA) is 160 Å². The molecule has 1 unspecified atom stereocenters. The zero-order valence-electron chi connectivity index (χ0n) is 24.0. The molecule has 0 saturated carbocycles. The minimum Gasteiger partial charge on any atom is -0.461 e. The van der Waals surface area contributed by atoms with Crippen molar-refractivity contribution in [3.05, 3.63) is 47.7 Å². The number of rotatable bonds is 7. The third kappa shape index (κ3) is 5.63. The van der Waals surface area contributed by atoms with Crippen molar-refractivity contribution in [3.8, 4) is 22.6 Å². The highest BCUT2D eigenvalue weighted by molar-refractivity contribution is 6.03. The number of aromatic nitrogens is 5. The van der Waals surface area contributed by atoms with Crippen molar-refractivity contribution in [2.75, 3.05) is 37.5 Å². The maximum absolute atomic E-state index is 14.7. The largest absolute Gasteiger partial charge is 0.461 e. The number of nitrogens with two attached hydrogens (primary N) is 1. The van der Waals surface area contributed by atoms with Gasteiger partial charge >= 0.3 is 5.97 Å². The Bertz CT molecular complexity index is 1660. The van der Waals surface area contributed by atoms with Gasteiger partial charge in [0.25, 0.3) is 0 Å². The number of nitrogens with zero attached hydrogens (tertiary/aromatic N) is 5. The summed E-state index contributed by atoms with van der Waals surface area (Å²) in [5, 5.41) is 19.1. The summed E-state index contributed by atoms with van der Waals surface area (Å²) in [5.41, 5.74) is 9.28. The van der Waals surface area contributed by atoms with Crippen LogP contribution >= 0.6 is 0 Å². The molecule has 4 aromatic rings. The lowest BCUT2D eigenvalue weighted by Crippen LogP contribution is -2.42. The predicted molar refractivity (Wildman–Crippen MR) is 157 cm³/mol. The average molecular weight is 592 g/mol. The molecule has 2 fully saturated rings. The van der Waals surface area contributed by atoms with Crippen LogP contribution in [0.4, 0.5) is 15.9 Å². The summed E-state index contributed by atoms with van der Waals surface area (Å²) in [6, 6.07) is 4.75. The van der Waals surface area contributed by atoms with E-state index in [1.165, 1.54) is 6.07 Å². The monoisotopic (exact) mass is 591 g/mol. The molecule has 6 rings (SSSR count). The second-order valence-electron chi connectivity index (χ2n) is 10.7. The Hall–Kier alpha value is -4.20. The Morgan fingerprint density at radius 2 is 2.09 bits per heavy atom. The first-order valence-electron chi connectivity index (χ1n) is 14.5. The van der Waals surface area contributed by atoms with Gasteiger partial charge in [0, 0.05) is 24.2 Å². The summed E-state index contributed by atoms with van der Waals surface area (Å²) in [4.78, 5) is 26.7. The molecule has 43 heavy (non-hydrogen) atoms. The first-order chi connectivity index (χ1) is 20.9. The molecule has 2 saturated heterocycles. The molecular weight excluding hydrogens is 557 g/mol. The summed E-state index contributed by atoms with van der Waals surface area (Å²) in [5.74, 6) is -1.10. The van der Waals surface area contributed by atoms with Gasteiger partial charge in [-0.2, -0.15) is 5.10 Å². The highest BCUT2D eigenvalue weighted by Crippen LogP contribution is 2.39. The van der Waals surface area contributed by atoms with E-state index in [1.807, 2.05) is 23.7 Å². The second-order valence-corrected chi connectivity index (χ2v) is 10.7. The molecule has 3 aromatic heterocycles. The third-order valence-corrected chi connectivity index (χ3v) is 7.81. The second kappa shape index (κ2) is 12.2. The molecule has 226 valence electrons. The number of aryl methyl sites for hydroxylation is 1. The van der Waals surface area contributed by atoms with E-state index >= 15 is 0 Å². The van der Waals surface area contributed by atoms with Crippen LogP contribution in [-0.4, -0.2) is 74.4 Å². The zero-order valence-corrected chi connectivity index (χ0v) is 24.0. The standard InChI is InChI=1S/C30H34FN7O5/c1-3-42-30(40)27-25(32)26(24-16(2)7-8-21-19(24)14-34-38(21)23-6-4-5-10-43-23)36-29(37-27)18-12-17(31)13-33-28(18)35-20-9-11-41-15-22(20)39/h7-8,12-14,20,22-23,39H,3-6,9-11,15,32H2,1-2H3,(H,33,35)/t20-,22-,23?/m1/s1. The van der Waals surface area contributed by atoms with E-state index < -0.39 is 23.9 Å². The average Bonchev–Trinajstić information content (AvgIpc) is 3.44. The van der Waals surface area contributed by atoms with Crippen molar-refractivity contribution in [3.63, 3.8) is 0 Å². The fourth-order valence-corrected chi connectivity index (χ4v) is 5.62. The fourth-order valence-electron chi connectivity index (χ4n) is 5.62. The summed E-state index contributed by atoms with van der Waals surface area (Å²) in [6.45, 7) is 4.97. The van der Waals surface area contributed by atoms with Crippen LogP contribution < -0.4 is 11.1 Å². The minimum atomic E-state index is -0.795. The van der Waals surface area contributed by atoms with Gasteiger partial charge in [0.15, 0.2) is 17.7 Å². The maximum atomic E-state index is 14.7. The van der Waals surface area contributed by atoms with Gasteiger partial charge in [-0.1, -0.05) is 6.07 Å². The number of hydrogen-bond donors (Lipinski definition) is 3. The molecule has 0 spiro atoms. The van der Waals surface area contributed by atoms with Crippen LogP contribution in [0.2, 0.25) is 0 Å². The molecule has 0 radical (unpaired) electrons. The van der Waals surface area contributed by atoms with Gasteiger partial charge in [-0.15, -0.1) is 0 Å². The van der Waals surface area contributed by atoms with Crippen molar-refractivity contribution in [1.82, 2.24) is 24.7 Å². The van der Waals surface area contributed by atoms with E-state index in [1.54, 1.807) is 13.1 Å². The smallest absolute Gasteiger partial charge is 0.359 e. The van der Waals surface area contributed by atoms with Crippen LogP contribution in [0.1, 0.15) is 54.9 Å². The maximum Gasteiger partial charge on any atom is 0.359 e. The molecule has 1 aromatic carbocycles. The van der Waals surface area contributed by atoms with E-state index in [4.69, 9.17) is 24.9 Å². The van der Waals surface area contributed by atoms with E-state index in [-0.39, 0.29) is 53.7 Å². The van der Waals surface area contributed by atoms with Gasteiger partial charge in [0.2, 0.25) is 0 Å². The fraction of sp³-hybridized carbons (Fsp3) is 0.433. The molecular formula is C30H34FN7O5. The number of pyridine rings is 1. The highest BCUT2D eigenvalue weighted by atomic mass is 19.1. The number of aliphatic hydroxyl groups is 1. The number of aliphatic hydroxyl groups excluding tert-OH is 1. The number of ether oxygens (including phenoxy) is 3. The molecule has 12 nitrogen and oxygen atoms in total. The first kappa shape index (κ1) is 28.9. The Balaban J connectivity index is 1.53. The highest BCUT2D eigenvalue weighted by Gasteiger charge is 2.29. The number of benzene rings is 1. The Labute approximate surface area is 247 Å². The van der Waals surface area contributed by atoms with Gasteiger partial charge in [0.1, 0.15) is 11.6 Å². The number of fused-ring (bicyclic) bond motifs is 1. The quantitative estimate of drug-likeness (QED) is 0.266. The molecule has 4 N–H and O–H groups in total. The summed E-state index contributed by atoms with van der Waals surface area (Å²) in [7, 11) is 0. The number of anilines is 2. The van der Waals surface area contributed by atoms with Crippen LogP contribution in [0.15, 0.2) is 30.6 Å². The molecule has 2 aliphatic rings. The van der Waals surface area contributed by atoms with Gasteiger partial charge in [0.05, 0.1) is 60.2 Å². The Kier molecular flexibility index (Phi) is 8.19. The van der Waals surface area contributed by atoms with E-state index in [0.717, 1.165) is 41.9 Å². The molecule has 0 bridgehead atoms. The van der Waals surface area contributed by atoms with Gasteiger partial charge in [-0.3, -0.25) is 0 Å². The SMILES string of the molecule is CCOC(=O)c1nc(-c2cc(F)cnc2N[C@@H]2CCOC[C@H]2O)nc(-c2c(C)ccc3c2cnn3C2CCCCO2)c1N. The van der Waals surface area contributed by atoms with E-state index in [9.17, 15) is 14.3 Å². The van der Waals surface area contributed by atoms with Crippen LogP contribution in [0.3, 0.4) is 0 Å². The number of hydrogen-bond acceptors (Lipinski definition) is 11. The first-order valence-corrected chi connectivity index (χ1v) is 14.5. The summed E-state index contributed by atoms with van der Waals surface area (Å²) in [6.07, 6.45) is 5.22. The number of nitrogens with one attached hydrogen (secondary N) is 1. The van der Waals surface area contributed by atoms with Crippen molar-refractivity contribution in [1.29, 1.82) is 0 Å².